The number of hydrogen-bond donors (Lipinski definition) is 0. The van der Waals surface area contributed by atoms with Crippen molar-refractivity contribution in [2.45, 2.75) is 25.9 Å². The Balaban J connectivity index is 1.63. The van der Waals surface area contributed by atoms with Crippen LogP contribution in [-0.4, -0.2) is 45.8 Å². The van der Waals surface area contributed by atoms with Gasteiger partial charge in [-0.2, -0.15) is 0 Å². The predicted molar refractivity (Wildman–Crippen MR) is 117 cm³/mol. The zero-order chi connectivity index (χ0) is 22.7. The maximum Gasteiger partial charge on any atom is 0.254 e. The molecular weight excluding hydrogens is 412 g/mol. The van der Waals surface area contributed by atoms with Gasteiger partial charge in [-0.15, -0.1) is 0 Å². The normalized spacial score (nSPS) is 15.3. The number of rotatable bonds is 6. The second-order valence-electron chi connectivity index (χ2n) is 7.87. The molecule has 0 saturated carbocycles. The third-order valence-corrected chi connectivity index (χ3v) is 5.74. The Morgan fingerprint density at radius 1 is 1.03 bits per heavy atom. The van der Waals surface area contributed by atoms with E-state index in [0.29, 0.717) is 31.6 Å². The van der Waals surface area contributed by atoms with E-state index in [1.54, 1.807) is 23.1 Å². The number of halogens is 2. The fourth-order valence-corrected chi connectivity index (χ4v) is 4.26. The van der Waals surface area contributed by atoms with Crippen LogP contribution in [0.1, 0.15) is 41.0 Å². The van der Waals surface area contributed by atoms with E-state index in [0.717, 1.165) is 5.69 Å². The van der Waals surface area contributed by atoms with E-state index in [2.05, 4.69) is 0 Å². The number of amides is 2. The minimum absolute atomic E-state index is 0.158. The highest BCUT2D eigenvalue weighted by molar-refractivity contribution is 5.96. The molecule has 2 heterocycles. The molecule has 1 unspecified atom stereocenters. The highest BCUT2D eigenvalue weighted by Crippen LogP contribution is 2.34. The zero-order valence-corrected chi connectivity index (χ0v) is 17.9. The van der Waals surface area contributed by atoms with Gasteiger partial charge < -0.3 is 14.4 Å². The summed E-state index contributed by atoms with van der Waals surface area (Å²) in [7, 11) is 0. The molecule has 0 spiro atoms. The average molecular weight is 437 g/mol. The van der Waals surface area contributed by atoms with Crippen LogP contribution in [0.15, 0.2) is 66.9 Å². The van der Waals surface area contributed by atoms with E-state index in [-0.39, 0.29) is 23.8 Å². The van der Waals surface area contributed by atoms with Crippen molar-refractivity contribution >= 4 is 11.8 Å². The van der Waals surface area contributed by atoms with Gasteiger partial charge in [-0.1, -0.05) is 31.2 Å². The van der Waals surface area contributed by atoms with E-state index in [9.17, 15) is 18.4 Å². The highest BCUT2D eigenvalue weighted by atomic mass is 19.1. The van der Waals surface area contributed by atoms with Crippen LogP contribution in [0.5, 0.6) is 0 Å². The Kier molecular flexibility index (Phi) is 6.35. The molecule has 0 N–H and O–H groups in total. The summed E-state index contributed by atoms with van der Waals surface area (Å²) in [5.74, 6) is -1.56. The number of fused-ring (bicyclic) bond motifs is 1. The maximum absolute atomic E-state index is 14.7. The molecule has 2 amide bonds. The predicted octanol–water partition coefficient (Wildman–Crippen LogP) is 4.25. The lowest BCUT2D eigenvalue weighted by molar-refractivity contribution is -0.134. The largest absolute Gasteiger partial charge is 0.348 e. The van der Waals surface area contributed by atoms with Gasteiger partial charge in [0.15, 0.2) is 0 Å². The first-order valence-electron chi connectivity index (χ1n) is 10.7. The molecule has 0 aliphatic carbocycles. The Labute approximate surface area is 185 Å². The van der Waals surface area contributed by atoms with E-state index in [1.807, 2.05) is 29.8 Å². The fraction of sp³-hybridized carbons (Fsp3) is 0.280. The summed E-state index contributed by atoms with van der Waals surface area (Å²) >= 11 is 0. The first-order chi connectivity index (χ1) is 15.5. The quantitative estimate of drug-likeness (QED) is 0.579. The van der Waals surface area contributed by atoms with Crippen LogP contribution in [0.4, 0.5) is 8.78 Å². The fourth-order valence-electron chi connectivity index (χ4n) is 4.26. The minimum atomic E-state index is -0.583. The van der Waals surface area contributed by atoms with Crippen LogP contribution < -0.4 is 0 Å². The molecule has 5 nitrogen and oxygen atoms in total. The van der Waals surface area contributed by atoms with Crippen molar-refractivity contribution in [2.75, 3.05) is 19.6 Å². The van der Waals surface area contributed by atoms with Crippen molar-refractivity contribution in [1.29, 1.82) is 0 Å². The highest BCUT2D eigenvalue weighted by Gasteiger charge is 2.34. The van der Waals surface area contributed by atoms with Crippen molar-refractivity contribution in [2.24, 2.45) is 0 Å². The summed E-state index contributed by atoms with van der Waals surface area (Å²) < 4.78 is 30.4. The van der Waals surface area contributed by atoms with Gasteiger partial charge in [0.05, 0.1) is 0 Å². The van der Waals surface area contributed by atoms with Crippen molar-refractivity contribution in [3.8, 4) is 0 Å². The molecule has 1 aliphatic rings. The lowest BCUT2D eigenvalue weighted by Gasteiger charge is -2.38. The summed E-state index contributed by atoms with van der Waals surface area (Å²) in [6.07, 6.45) is 2.57. The molecule has 0 fully saturated rings. The van der Waals surface area contributed by atoms with E-state index >= 15 is 0 Å². The Morgan fingerprint density at radius 2 is 1.84 bits per heavy atom. The molecule has 7 heteroatoms. The Hall–Kier alpha value is -3.48. The maximum atomic E-state index is 14.7. The van der Waals surface area contributed by atoms with Gasteiger partial charge in [0.2, 0.25) is 5.91 Å². The molecule has 4 rings (SSSR count). The summed E-state index contributed by atoms with van der Waals surface area (Å²) in [4.78, 5) is 29.5. The lowest BCUT2D eigenvalue weighted by atomic mass is 9.99. The smallest absolute Gasteiger partial charge is 0.254 e. The van der Waals surface area contributed by atoms with Crippen molar-refractivity contribution in [1.82, 2.24) is 14.4 Å². The van der Waals surface area contributed by atoms with Crippen molar-refractivity contribution < 1.29 is 18.4 Å². The molecule has 0 radical (unpaired) electrons. The van der Waals surface area contributed by atoms with Gasteiger partial charge >= 0.3 is 0 Å². The molecule has 166 valence electrons. The zero-order valence-electron chi connectivity index (χ0n) is 17.9. The van der Waals surface area contributed by atoms with Crippen LogP contribution in [0.2, 0.25) is 0 Å². The average Bonchev–Trinajstić information content (AvgIpc) is 3.27. The van der Waals surface area contributed by atoms with Crippen molar-refractivity contribution in [3.05, 3.63) is 95.3 Å². The molecule has 32 heavy (non-hydrogen) atoms. The van der Waals surface area contributed by atoms with Gasteiger partial charge in [-0.05, 0) is 42.8 Å². The first kappa shape index (κ1) is 21.7. The number of carbonyl (C=O) groups is 2. The lowest BCUT2D eigenvalue weighted by Crippen LogP contribution is -2.48. The molecule has 1 aromatic heterocycles. The molecule has 2 aromatic carbocycles. The van der Waals surface area contributed by atoms with Gasteiger partial charge in [0.1, 0.15) is 24.2 Å². The van der Waals surface area contributed by atoms with Gasteiger partial charge in [-0.25, -0.2) is 8.78 Å². The number of benzene rings is 2. The third-order valence-electron chi connectivity index (χ3n) is 5.74. The summed E-state index contributed by atoms with van der Waals surface area (Å²) in [5, 5.41) is 0. The molecule has 0 saturated heterocycles. The summed E-state index contributed by atoms with van der Waals surface area (Å²) in [5.41, 5.74) is 1.44. The van der Waals surface area contributed by atoms with Crippen LogP contribution >= 0.6 is 0 Å². The SMILES string of the molecule is CCCN(CC(=O)N1CCn2cccc2C1c1ccccc1F)C(=O)c1cccc(F)c1. The van der Waals surface area contributed by atoms with E-state index < -0.39 is 17.8 Å². The Morgan fingerprint density at radius 3 is 2.59 bits per heavy atom. The third kappa shape index (κ3) is 4.28. The first-order valence-corrected chi connectivity index (χ1v) is 10.7. The van der Waals surface area contributed by atoms with Crippen LogP contribution in [-0.2, 0) is 11.3 Å². The standard InChI is InChI=1S/C25H25F2N3O2/c1-2-12-29(25(32)18-7-5-8-19(26)16-18)17-23(31)30-15-14-28-13-6-11-22(28)24(30)20-9-3-4-10-21(20)27/h3-11,13,16,24H,2,12,14-15,17H2,1H3. The number of aromatic nitrogens is 1. The second kappa shape index (κ2) is 9.34. The van der Waals surface area contributed by atoms with Crippen LogP contribution in [0.3, 0.4) is 0 Å². The summed E-state index contributed by atoms with van der Waals surface area (Å²) in [6.45, 7) is 3.09. The molecule has 1 aliphatic heterocycles. The topological polar surface area (TPSA) is 45.6 Å². The number of carbonyl (C=O) groups excluding carboxylic acids is 2. The molecular formula is C25H25F2N3O2. The Bertz CT molecular complexity index is 1130. The van der Waals surface area contributed by atoms with Crippen LogP contribution in [0, 0.1) is 11.6 Å². The molecule has 0 bridgehead atoms. The van der Waals surface area contributed by atoms with E-state index in [1.165, 1.54) is 35.2 Å². The van der Waals surface area contributed by atoms with Gasteiger partial charge in [0.25, 0.3) is 5.91 Å². The number of hydrogen-bond acceptors (Lipinski definition) is 2. The van der Waals surface area contributed by atoms with Gasteiger partial charge in [-0.3, -0.25) is 9.59 Å². The summed E-state index contributed by atoms with van der Waals surface area (Å²) in [6, 6.07) is 15.1. The van der Waals surface area contributed by atoms with Gasteiger partial charge in [0, 0.05) is 42.7 Å². The van der Waals surface area contributed by atoms with Crippen molar-refractivity contribution in [3.63, 3.8) is 0 Å². The second-order valence-corrected chi connectivity index (χ2v) is 7.87. The minimum Gasteiger partial charge on any atom is -0.348 e. The molecule has 3 aromatic rings. The molecule has 1 atom stereocenters. The number of nitrogens with zero attached hydrogens (tertiary/aromatic N) is 3. The van der Waals surface area contributed by atoms with Crippen LogP contribution in [0.25, 0.3) is 0 Å². The van der Waals surface area contributed by atoms with E-state index in [4.69, 9.17) is 0 Å². The monoisotopic (exact) mass is 437 g/mol.